The molecule has 1 aliphatic carbocycles. The summed E-state index contributed by atoms with van der Waals surface area (Å²) in [4.78, 5) is 26.3. The monoisotopic (exact) mass is 360 g/mol. The van der Waals surface area contributed by atoms with Crippen LogP contribution in [0.5, 0.6) is 0 Å². The standard InChI is InChI=1S/C20H25FN2O3/c21-15-3-1-13(2-4-15)16-5-6-17(16)19(25)23-9-7-20(8-10-23)11-14(12-26-20)18(22)24/h1-4,14,16-17H,5-12H2,(H2,22,24). The van der Waals surface area contributed by atoms with Crippen LogP contribution in [0.25, 0.3) is 0 Å². The van der Waals surface area contributed by atoms with Gasteiger partial charge in [-0.25, -0.2) is 4.39 Å². The summed E-state index contributed by atoms with van der Waals surface area (Å²) in [7, 11) is 0. The van der Waals surface area contributed by atoms with Crippen LogP contribution in [0.1, 0.15) is 43.6 Å². The summed E-state index contributed by atoms with van der Waals surface area (Å²) in [6.45, 7) is 1.73. The molecule has 3 atom stereocenters. The Balaban J connectivity index is 1.35. The molecule has 5 nitrogen and oxygen atoms in total. The van der Waals surface area contributed by atoms with Gasteiger partial charge in [0.2, 0.25) is 11.8 Å². The molecule has 2 aliphatic heterocycles. The number of amides is 2. The predicted octanol–water partition coefficient (Wildman–Crippen LogP) is 2.20. The van der Waals surface area contributed by atoms with Crippen LogP contribution in [0.2, 0.25) is 0 Å². The third kappa shape index (κ3) is 3.11. The van der Waals surface area contributed by atoms with E-state index >= 15 is 0 Å². The second-order valence-corrected chi connectivity index (χ2v) is 7.96. The van der Waals surface area contributed by atoms with Gasteiger partial charge in [-0.1, -0.05) is 12.1 Å². The summed E-state index contributed by atoms with van der Waals surface area (Å²) in [6, 6.07) is 6.51. The van der Waals surface area contributed by atoms with Gasteiger partial charge in [-0.15, -0.1) is 0 Å². The molecule has 2 heterocycles. The predicted molar refractivity (Wildman–Crippen MR) is 93.7 cm³/mol. The van der Waals surface area contributed by atoms with E-state index in [1.807, 2.05) is 4.90 Å². The first-order valence-corrected chi connectivity index (χ1v) is 9.45. The summed E-state index contributed by atoms with van der Waals surface area (Å²) in [6.07, 6.45) is 4.06. The molecule has 3 aliphatic rings. The van der Waals surface area contributed by atoms with E-state index in [0.717, 1.165) is 31.2 Å². The number of carbonyl (C=O) groups is 2. The van der Waals surface area contributed by atoms with Gasteiger partial charge in [-0.05, 0) is 55.7 Å². The van der Waals surface area contributed by atoms with Crippen molar-refractivity contribution in [3.8, 4) is 0 Å². The highest BCUT2D eigenvalue weighted by molar-refractivity contribution is 5.81. The normalized spacial score (nSPS) is 30.2. The third-order valence-corrected chi connectivity index (χ3v) is 6.49. The fraction of sp³-hybridized carbons (Fsp3) is 0.600. The lowest BCUT2D eigenvalue weighted by atomic mass is 9.69. The molecule has 1 aromatic carbocycles. The van der Waals surface area contributed by atoms with Gasteiger partial charge < -0.3 is 15.4 Å². The van der Waals surface area contributed by atoms with Crippen molar-refractivity contribution in [1.82, 2.24) is 4.90 Å². The number of benzene rings is 1. The van der Waals surface area contributed by atoms with Crippen molar-refractivity contribution in [2.45, 2.75) is 43.6 Å². The molecule has 0 bridgehead atoms. The van der Waals surface area contributed by atoms with Crippen LogP contribution >= 0.6 is 0 Å². The number of primary amides is 1. The number of nitrogens with zero attached hydrogens (tertiary/aromatic N) is 1. The molecule has 2 N–H and O–H groups in total. The minimum atomic E-state index is -0.294. The average Bonchev–Trinajstić information content (AvgIpc) is 3.00. The van der Waals surface area contributed by atoms with E-state index in [9.17, 15) is 14.0 Å². The van der Waals surface area contributed by atoms with Gasteiger partial charge in [-0.2, -0.15) is 0 Å². The Morgan fingerprint density at radius 1 is 1.15 bits per heavy atom. The highest BCUT2D eigenvalue weighted by Gasteiger charge is 2.47. The first-order chi connectivity index (χ1) is 12.5. The molecule has 3 unspecified atom stereocenters. The number of hydrogen-bond donors (Lipinski definition) is 1. The van der Waals surface area contributed by atoms with Gasteiger partial charge >= 0.3 is 0 Å². The van der Waals surface area contributed by atoms with E-state index in [0.29, 0.717) is 26.1 Å². The van der Waals surface area contributed by atoms with E-state index in [1.165, 1.54) is 12.1 Å². The smallest absolute Gasteiger partial charge is 0.226 e. The molecule has 1 saturated carbocycles. The molecule has 1 aromatic rings. The summed E-state index contributed by atoms with van der Waals surface area (Å²) < 4.78 is 19.0. The molecule has 26 heavy (non-hydrogen) atoms. The Kier molecular flexibility index (Phi) is 4.47. The van der Waals surface area contributed by atoms with Crippen molar-refractivity contribution >= 4 is 11.8 Å². The topological polar surface area (TPSA) is 72.6 Å². The minimum absolute atomic E-state index is 0.00243. The molecule has 2 saturated heterocycles. The Morgan fingerprint density at radius 2 is 1.85 bits per heavy atom. The minimum Gasteiger partial charge on any atom is -0.374 e. The van der Waals surface area contributed by atoms with Crippen molar-refractivity contribution in [3.05, 3.63) is 35.6 Å². The van der Waals surface area contributed by atoms with Gasteiger partial charge in [0.25, 0.3) is 0 Å². The molecule has 1 spiro atoms. The molecule has 0 aromatic heterocycles. The van der Waals surface area contributed by atoms with Crippen LogP contribution in [0, 0.1) is 17.7 Å². The van der Waals surface area contributed by atoms with Gasteiger partial charge in [0.1, 0.15) is 5.82 Å². The Bertz CT molecular complexity index is 698. The number of hydrogen-bond acceptors (Lipinski definition) is 3. The zero-order chi connectivity index (χ0) is 18.3. The number of nitrogens with two attached hydrogens (primary N) is 1. The maximum absolute atomic E-state index is 13.1. The van der Waals surface area contributed by atoms with E-state index in [2.05, 4.69) is 0 Å². The van der Waals surface area contributed by atoms with E-state index in [1.54, 1.807) is 12.1 Å². The van der Waals surface area contributed by atoms with Crippen LogP contribution in [-0.4, -0.2) is 42.0 Å². The summed E-state index contributed by atoms with van der Waals surface area (Å²) in [5, 5.41) is 0. The van der Waals surface area contributed by atoms with Crippen molar-refractivity contribution in [3.63, 3.8) is 0 Å². The fourth-order valence-electron chi connectivity index (χ4n) is 4.65. The van der Waals surface area contributed by atoms with Crippen molar-refractivity contribution < 1.29 is 18.7 Å². The molecule has 4 rings (SSSR count). The number of likely N-dealkylation sites (tertiary alicyclic amines) is 1. The lowest BCUT2D eigenvalue weighted by Gasteiger charge is -2.43. The van der Waals surface area contributed by atoms with Crippen molar-refractivity contribution in [1.29, 1.82) is 0 Å². The van der Waals surface area contributed by atoms with E-state index in [4.69, 9.17) is 10.5 Å². The Labute approximate surface area is 152 Å². The zero-order valence-electron chi connectivity index (χ0n) is 14.8. The maximum atomic E-state index is 13.1. The highest BCUT2D eigenvalue weighted by atomic mass is 19.1. The van der Waals surface area contributed by atoms with Gasteiger partial charge in [0.15, 0.2) is 0 Å². The van der Waals surface area contributed by atoms with Crippen molar-refractivity contribution in [2.75, 3.05) is 19.7 Å². The molecule has 140 valence electrons. The first-order valence-electron chi connectivity index (χ1n) is 9.45. The van der Waals surface area contributed by atoms with Gasteiger partial charge in [-0.3, -0.25) is 9.59 Å². The largest absolute Gasteiger partial charge is 0.374 e. The number of piperidine rings is 1. The van der Waals surface area contributed by atoms with Crippen LogP contribution in [0.15, 0.2) is 24.3 Å². The van der Waals surface area contributed by atoms with Gasteiger partial charge in [0.05, 0.1) is 18.1 Å². The summed E-state index contributed by atoms with van der Waals surface area (Å²) in [5.74, 6) is -0.352. The maximum Gasteiger partial charge on any atom is 0.226 e. The lowest BCUT2D eigenvalue weighted by molar-refractivity contribution is -0.144. The molecule has 6 heteroatoms. The molecule has 3 fully saturated rings. The average molecular weight is 360 g/mol. The second kappa shape index (κ2) is 6.65. The van der Waals surface area contributed by atoms with E-state index < -0.39 is 0 Å². The van der Waals surface area contributed by atoms with E-state index in [-0.39, 0.29) is 41.0 Å². The number of rotatable bonds is 3. The summed E-state index contributed by atoms with van der Waals surface area (Å²) in [5.41, 5.74) is 6.17. The summed E-state index contributed by atoms with van der Waals surface area (Å²) >= 11 is 0. The Morgan fingerprint density at radius 3 is 2.38 bits per heavy atom. The number of ether oxygens (including phenoxy) is 1. The highest BCUT2D eigenvalue weighted by Crippen LogP contribution is 2.45. The Hall–Kier alpha value is -1.95. The molecular formula is C20H25FN2O3. The number of halogens is 1. The number of carbonyl (C=O) groups excluding carboxylic acids is 2. The molecule has 2 amide bonds. The van der Waals surface area contributed by atoms with Crippen LogP contribution in [0.4, 0.5) is 4.39 Å². The second-order valence-electron chi connectivity index (χ2n) is 7.96. The quantitative estimate of drug-likeness (QED) is 0.898. The molecule has 0 radical (unpaired) electrons. The van der Waals surface area contributed by atoms with Crippen molar-refractivity contribution in [2.24, 2.45) is 17.6 Å². The SMILES string of the molecule is NC(=O)C1COC2(CCN(C(=O)C3CCC3c3ccc(F)cc3)CC2)C1. The lowest BCUT2D eigenvalue weighted by Crippen LogP contribution is -2.50. The van der Waals surface area contributed by atoms with Gasteiger partial charge in [0, 0.05) is 19.0 Å². The van der Waals surface area contributed by atoms with Crippen LogP contribution in [0.3, 0.4) is 0 Å². The molecular weight excluding hydrogens is 335 g/mol. The van der Waals surface area contributed by atoms with Crippen LogP contribution < -0.4 is 5.73 Å². The zero-order valence-corrected chi connectivity index (χ0v) is 14.8. The van der Waals surface area contributed by atoms with Crippen LogP contribution in [-0.2, 0) is 14.3 Å². The fourth-order valence-corrected chi connectivity index (χ4v) is 4.65. The third-order valence-electron chi connectivity index (χ3n) is 6.49. The first kappa shape index (κ1) is 17.5.